The fourth-order valence-corrected chi connectivity index (χ4v) is 7.52. The van der Waals surface area contributed by atoms with Crippen molar-refractivity contribution in [3.05, 3.63) is 10.4 Å². The van der Waals surface area contributed by atoms with E-state index in [2.05, 4.69) is 35.7 Å². The summed E-state index contributed by atoms with van der Waals surface area (Å²) in [4.78, 5) is -1.07. The topological polar surface area (TPSA) is 446 Å². The zero-order valence-corrected chi connectivity index (χ0v) is 52.0. The van der Waals surface area contributed by atoms with Gasteiger partial charge in [-0.15, -0.1) is 16.8 Å². The number of halogens is 16. The molecular formula is C42H84F16N4O24S4. The molecule has 28 nitrogen and oxygen atoms in total. The smallest absolute Gasteiger partial charge is 0.455 e. The number of quaternary nitrogens is 4. The summed E-state index contributed by atoms with van der Waals surface area (Å²) in [6, 6.07) is 0. The van der Waals surface area contributed by atoms with Crippen molar-refractivity contribution in [2.24, 2.45) is 32.5 Å². The quantitative estimate of drug-likeness (QED) is 0.0259. The molecule has 0 amide bonds. The van der Waals surface area contributed by atoms with Crippen LogP contribution in [0.15, 0.2) is 0 Å². The van der Waals surface area contributed by atoms with E-state index in [1.807, 2.05) is 0 Å². The number of nitrogens with two attached hydrogens (primary N) is 2. The third kappa shape index (κ3) is 47.7. The molecule has 552 valence electrons. The first kappa shape index (κ1) is 98.9. The molecule has 0 aromatic carbocycles. The molecule has 0 rings (SSSR count). The first-order chi connectivity index (χ1) is 38.1. The maximum atomic E-state index is 13.2. The largest absolute Gasteiger partial charge is 0.726 e. The Morgan fingerprint density at radius 1 is 0.300 bits per heavy atom. The van der Waals surface area contributed by atoms with Gasteiger partial charge in [0, 0.05) is 32.5 Å². The minimum absolute atomic E-state index is 0. The van der Waals surface area contributed by atoms with Gasteiger partial charge in [-0.25, -0.2) is 25.2 Å². The Hall–Kier alpha value is -2.12. The Kier molecular flexibility index (Phi) is 43.1. The van der Waals surface area contributed by atoms with Gasteiger partial charge >= 0.3 is 57.2 Å². The summed E-state index contributed by atoms with van der Waals surface area (Å²) in [5.41, 5.74) is -8.36. The Balaban J connectivity index is -0.000000379. The Bertz CT molecular complexity index is 2460. The molecule has 0 spiro atoms. The number of hydrogen-bond donors (Lipinski definition) is 4. The first-order valence-corrected chi connectivity index (χ1v) is 29.3. The van der Waals surface area contributed by atoms with Crippen LogP contribution < -0.4 is 22.1 Å². The van der Waals surface area contributed by atoms with E-state index >= 15 is 0 Å². The predicted molar refractivity (Wildman–Crippen MR) is 278 cm³/mol. The van der Waals surface area contributed by atoms with Crippen LogP contribution in [0.2, 0.25) is 0 Å². The zero-order valence-electron chi connectivity index (χ0n) is 48.8. The van der Waals surface area contributed by atoms with Crippen molar-refractivity contribution in [1.29, 1.82) is 0 Å². The van der Waals surface area contributed by atoms with Crippen molar-refractivity contribution in [2.45, 2.75) is 107 Å². The van der Waals surface area contributed by atoms with Crippen LogP contribution >= 0.6 is 0 Å². The van der Waals surface area contributed by atoms with Crippen molar-refractivity contribution in [3.8, 4) is 0 Å². The monoisotopic (exact) mass is 1460 g/mol. The van der Waals surface area contributed by atoms with Crippen LogP contribution in [0.3, 0.4) is 0 Å². The summed E-state index contributed by atoms with van der Waals surface area (Å²) >= 11 is 0. The maximum absolute atomic E-state index is 13.2. The first-order valence-electron chi connectivity index (χ1n) is 23.6. The van der Waals surface area contributed by atoms with E-state index in [1.165, 1.54) is 27.7 Å². The number of hydrogen-bond acceptors (Lipinski definition) is 24. The van der Waals surface area contributed by atoms with Crippen LogP contribution in [-0.4, -0.2) is 211 Å². The SMILES string of the molecule is C.C.CC(C)(COCC(C)(COCC(F)(F)C(F)(F)F)COS(=O)(=O)[O-])COCC(C)(COCC(F)(F)C(F)(F)F)COS(=O)(=O)[NH2+][O-].CC(C)(COCC(C)(COCC(F)(F)F)COS(=O)(=O)[O-])COCC(C)(COCC(F)(F)F)COS(=O)(=O)[NH2+][O-].[NH4+].[NH4+]. The molecule has 90 heavy (non-hydrogen) atoms. The van der Waals surface area contributed by atoms with E-state index in [-0.39, 0.29) is 60.2 Å². The lowest BCUT2D eigenvalue weighted by Gasteiger charge is -2.33. The van der Waals surface area contributed by atoms with Gasteiger partial charge in [0.15, 0.2) is 0 Å². The van der Waals surface area contributed by atoms with Crippen LogP contribution in [0, 0.1) is 42.9 Å². The van der Waals surface area contributed by atoms with Crippen molar-refractivity contribution < 1.29 is 177 Å². The lowest BCUT2D eigenvalue weighted by atomic mass is 9.92. The van der Waals surface area contributed by atoms with E-state index in [0.717, 1.165) is 13.8 Å². The highest BCUT2D eigenvalue weighted by Crippen LogP contribution is 2.38. The number of rotatable bonds is 44. The fourth-order valence-electron chi connectivity index (χ4n) is 5.65. The van der Waals surface area contributed by atoms with Gasteiger partial charge in [-0.2, -0.15) is 70.2 Å². The summed E-state index contributed by atoms with van der Waals surface area (Å²) < 4.78 is 369. The summed E-state index contributed by atoms with van der Waals surface area (Å²) in [5, 5.41) is 21.1. The van der Waals surface area contributed by atoms with Crippen molar-refractivity contribution in [3.63, 3.8) is 0 Å². The molecule has 4 unspecified atom stereocenters. The molecule has 4 atom stereocenters. The van der Waals surface area contributed by atoms with E-state index in [9.17, 15) is 123 Å². The molecule has 0 saturated heterocycles. The molecule has 0 saturated carbocycles. The molecule has 0 aliphatic rings. The van der Waals surface area contributed by atoms with Crippen LogP contribution in [0.4, 0.5) is 70.2 Å². The second-order valence-corrected chi connectivity index (χ2v) is 27.1. The summed E-state index contributed by atoms with van der Waals surface area (Å²) in [6.45, 7) is -6.61. The minimum Gasteiger partial charge on any atom is -0.726 e. The highest BCUT2D eigenvalue weighted by Gasteiger charge is 2.59. The van der Waals surface area contributed by atoms with Crippen molar-refractivity contribution >= 4 is 41.4 Å². The minimum atomic E-state index is -5.95. The Morgan fingerprint density at radius 3 is 0.644 bits per heavy atom. The average molecular weight is 1460 g/mol. The Labute approximate surface area is 511 Å². The predicted octanol–water partition coefficient (Wildman–Crippen LogP) is 5.33. The molecule has 0 aromatic heterocycles. The van der Waals surface area contributed by atoms with Gasteiger partial charge in [0.2, 0.25) is 20.8 Å². The van der Waals surface area contributed by atoms with Crippen LogP contribution in [0.25, 0.3) is 0 Å². The zero-order chi connectivity index (χ0) is 68.0. The second-order valence-electron chi connectivity index (χ2n) is 22.2. The molecule has 0 radical (unpaired) electrons. The van der Waals surface area contributed by atoms with Gasteiger partial charge < -0.3 is 69.7 Å². The summed E-state index contributed by atoms with van der Waals surface area (Å²) in [5.74, 6) is -10.5. The van der Waals surface area contributed by atoms with Crippen LogP contribution in [0.1, 0.15) is 70.2 Å². The summed E-state index contributed by atoms with van der Waals surface area (Å²) in [6.07, 6.45) is -21.2. The Morgan fingerprint density at radius 2 is 0.478 bits per heavy atom. The van der Waals surface area contributed by atoms with Gasteiger partial charge in [-0.3, -0.25) is 18.1 Å². The average Bonchev–Trinajstić information content (AvgIpc) is 3.29. The maximum Gasteiger partial charge on any atom is 0.455 e. The highest BCUT2D eigenvalue weighted by atomic mass is 32.3. The number of alkyl halides is 16. The van der Waals surface area contributed by atoms with Gasteiger partial charge in [0.1, 0.15) is 26.4 Å². The standard InChI is InChI=1S/C21H35F10NO12S2.C19H35F6NO12S2.2CH4.2H3N/c1-15(2,6-40-8-17(4,12-44-46(36,37)38)10-42-14-19(24,25)21(29,30)31)5-39-7-16(3,11-43-45(34,35)32-33)9-41-13-18(22,23)20(26,27)28;1-15(2,6-34-8-17(4,12-38-40(30,31)32)10-36-14-19(23,24)25)5-33-7-16(3,9-35-13-18(20,21)22)11-37-39(28,29)26-27;;;;/h5-14,32H2,1-4H3,(H,36,37,38);5-14,26H2,1-4H3,(H,30,31,32);2*1H4;2*1H3. The lowest BCUT2D eigenvalue weighted by Crippen LogP contribution is -2.81. The molecule has 12 N–H and O–H groups in total. The molecule has 48 heteroatoms. The lowest BCUT2D eigenvalue weighted by molar-refractivity contribution is -0.428. The van der Waals surface area contributed by atoms with E-state index in [4.69, 9.17) is 18.9 Å². The molecule has 0 bridgehead atoms. The fraction of sp³-hybridized carbons (Fsp3) is 1.00. The van der Waals surface area contributed by atoms with Gasteiger partial charge in [0.05, 0.1) is 106 Å². The molecule has 0 aromatic rings. The van der Waals surface area contributed by atoms with E-state index in [1.54, 1.807) is 13.8 Å². The van der Waals surface area contributed by atoms with Gasteiger partial charge in [-0.1, -0.05) is 70.2 Å². The number of ether oxygens (including phenoxy) is 8. The molecular weight excluding hydrogens is 1380 g/mol. The normalized spacial score (nSPS) is 16.3. The second kappa shape index (κ2) is 39.2. The van der Waals surface area contributed by atoms with Crippen LogP contribution in [0.5, 0.6) is 0 Å². The van der Waals surface area contributed by atoms with Crippen LogP contribution in [-0.2, 0) is 96.0 Å². The van der Waals surface area contributed by atoms with Crippen molar-refractivity contribution in [1.82, 2.24) is 12.3 Å². The molecule has 0 heterocycles. The van der Waals surface area contributed by atoms with E-state index < -0.39 is 219 Å². The third-order valence-electron chi connectivity index (χ3n) is 9.99. The van der Waals surface area contributed by atoms with Gasteiger partial charge in [0.25, 0.3) is 0 Å². The van der Waals surface area contributed by atoms with Gasteiger partial charge in [-0.05, 0) is 0 Å². The highest BCUT2D eigenvalue weighted by molar-refractivity contribution is 7.81. The van der Waals surface area contributed by atoms with Crippen molar-refractivity contribution in [2.75, 3.05) is 132 Å². The molecule has 0 aliphatic carbocycles. The van der Waals surface area contributed by atoms with E-state index in [0.29, 0.717) is 0 Å². The molecule has 0 fully saturated rings. The molecule has 0 aliphatic heterocycles. The summed E-state index contributed by atoms with van der Waals surface area (Å²) in [7, 11) is -19.8. The third-order valence-corrected chi connectivity index (χ3v) is 12.2.